The minimum absolute atomic E-state index is 0. The van der Waals surface area contributed by atoms with Crippen molar-refractivity contribution in [3.8, 4) is 0 Å². The third-order valence-electron chi connectivity index (χ3n) is 1.17. The maximum absolute atomic E-state index is 10.7. The predicted molar refractivity (Wildman–Crippen MR) is 50.4 cm³/mol. The van der Waals surface area contributed by atoms with Crippen molar-refractivity contribution in [1.29, 1.82) is 0 Å². The van der Waals surface area contributed by atoms with Crippen LogP contribution in [0.2, 0.25) is 0 Å². The minimum atomic E-state index is -3.51. The van der Waals surface area contributed by atoms with Gasteiger partial charge in [0, 0.05) is 0 Å². The fourth-order valence-corrected chi connectivity index (χ4v) is 1.58. The molecule has 0 unspecified atom stereocenters. The number of hydrogen-bond acceptors (Lipinski definition) is 2. The van der Waals surface area contributed by atoms with Crippen molar-refractivity contribution >= 4 is 36.6 Å². The molecule has 13 heavy (non-hydrogen) atoms. The van der Waals surface area contributed by atoms with E-state index in [1.54, 1.807) is 12.1 Å². The Balaban J connectivity index is 0. The van der Waals surface area contributed by atoms with E-state index in [1.165, 1.54) is 35.2 Å². The van der Waals surface area contributed by atoms with Gasteiger partial charge in [0.15, 0.2) is 0 Å². The van der Waals surface area contributed by atoms with Gasteiger partial charge in [0.05, 0.1) is 0 Å². The van der Waals surface area contributed by atoms with Gasteiger partial charge in [-0.3, -0.25) is 0 Å². The van der Waals surface area contributed by atoms with E-state index in [2.05, 4.69) is 0 Å². The Morgan fingerprint density at radius 2 is 1.46 bits per heavy atom. The number of nitrogens with two attached hydrogens (primary N) is 1. The van der Waals surface area contributed by atoms with E-state index >= 15 is 0 Å². The standard InChI is InChI=1S/C6H6NO2S.2H2O.Sb/c7-10(8,9)6-4-2-1-3-5-6;;;/h2-5H,(H2,7,8,9);2*1H2;. The molecule has 0 saturated carbocycles. The Hall–Kier alpha value is -0.132. The van der Waals surface area contributed by atoms with Crippen molar-refractivity contribution in [1.82, 2.24) is 0 Å². The largest absolute Gasteiger partial charge is 0.412 e. The van der Waals surface area contributed by atoms with Crippen LogP contribution in [0.1, 0.15) is 0 Å². The zero-order valence-electron chi connectivity index (χ0n) is 6.56. The summed E-state index contributed by atoms with van der Waals surface area (Å²) in [6.45, 7) is 0. The second-order valence-corrected chi connectivity index (χ2v) is 5.07. The summed E-state index contributed by atoms with van der Waals surface area (Å²) >= 11 is 1.54. The Morgan fingerprint density at radius 3 is 1.77 bits per heavy atom. The first-order valence-electron chi connectivity index (χ1n) is 2.82. The summed E-state index contributed by atoms with van der Waals surface area (Å²) in [5, 5.41) is 4.88. The van der Waals surface area contributed by atoms with Gasteiger partial charge in [-0.2, -0.15) is 0 Å². The van der Waals surface area contributed by atoms with Crippen LogP contribution in [0.15, 0.2) is 29.2 Å². The molecule has 0 amide bonds. The van der Waals surface area contributed by atoms with Crippen LogP contribution in [0.5, 0.6) is 0 Å². The average Bonchev–Trinajstić information content (AvgIpc) is 1.86. The molecule has 6 N–H and O–H groups in total. The second kappa shape index (κ2) is 5.57. The van der Waals surface area contributed by atoms with Gasteiger partial charge >= 0.3 is 79.3 Å². The molecule has 0 bridgehead atoms. The van der Waals surface area contributed by atoms with Gasteiger partial charge in [-0.1, -0.05) is 0 Å². The first kappa shape index (κ1) is 15.3. The van der Waals surface area contributed by atoms with Crippen LogP contribution in [0.25, 0.3) is 0 Å². The van der Waals surface area contributed by atoms with Crippen LogP contribution in [-0.2, 0) is 10.0 Å². The Bertz CT molecular complexity index is 347. The molecular weight excluding hydrogens is 304 g/mol. The van der Waals surface area contributed by atoms with Gasteiger partial charge in [-0.05, 0) is 0 Å². The second-order valence-electron chi connectivity index (χ2n) is 2.04. The molecule has 0 aliphatic carbocycles. The van der Waals surface area contributed by atoms with Gasteiger partial charge in [0.1, 0.15) is 0 Å². The molecule has 1 aromatic rings. The third-order valence-corrected chi connectivity index (χ3v) is 2.95. The predicted octanol–water partition coefficient (Wildman–Crippen LogP) is -2.52. The van der Waals surface area contributed by atoms with Crippen LogP contribution in [-0.4, -0.2) is 42.4 Å². The molecule has 0 spiro atoms. The number of primary sulfonamides is 1. The quantitative estimate of drug-likeness (QED) is 0.575. The normalized spacial score (nSPS) is 9.69. The number of rotatable bonds is 1. The summed E-state index contributed by atoms with van der Waals surface area (Å²) in [4.78, 5) is 0.164. The molecule has 0 atom stereocenters. The van der Waals surface area contributed by atoms with E-state index in [-0.39, 0.29) is 15.8 Å². The van der Waals surface area contributed by atoms with Gasteiger partial charge in [0.2, 0.25) is 0 Å². The first-order valence-corrected chi connectivity index (χ1v) is 5.64. The molecule has 0 fully saturated rings. The van der Waals surface area contributed by atoms with Crippen LogP contribution in [0.4, 0.5) is 0 Å². The third kappa shape index (κ3) is 4.59. The fourth-order valence-electron chi connectivity index (χ4n) is 0.636. The zero-order chi connectivity index (χ0) is 8.48. The van der Waals surface area contributed by atoms with Crippen molar-refractivity contribution in [2.24, 2.45) is 5.14 Å². The zero-order valence-corrected chi connectivity index (χ0v) is 9.93. The first-order chi connectivity index (χ1) is 5.00. The molecule has 74 valence electrons. The average molecular weight is 314 g/mol. The Labute approximate surface area is 90.1 Å². The van der Waals surface area contributed by atoms with Crippen molar-refractivity contribution in [2.45, 2.75) is 4.90 Å². The maximum Gasteiger partial charge on any atom is -0.412 e. The molecule has 0 aromatic heterocycles. The molecule has 0 aliphatic rings. The molecular formula is C6H10NO4SSb. The minimum Gasteiger partial charge on any atom is -0.412 e. The summed E-state index contributed by atoms with van der Waals surface area (Å²) in [6.07, 6.45) is 0. The SMILES string of the molecule is NS(=O)(=O)c1cc[c]([Sb])cc1.O.O. The maximum atomic E-state index is 10.7. The molecule has 1 aromatic carbocycles. The summed E-state index contributed by atoms with van der Waals surface area (Å²) in [7, 11) is -3.51. The molecule has 0 aliphatic heterocycles. The van der Waals surface area contributed by atoms with E-state index in [1.807, 2.05) is 0 Å². The van der Waals surface area contributed by atoms with Crippen LogP contribution in [0.3, 0.4) is 0 Å². The Kier molecular flexibility index (Phi) is 6.57. The fraction of sp³-hybridized carbons (Fsp3) is 0. The molecule has 5 nitrogen and oxygen atoms in total. The molecule has 7 heteroatoms. The van der Waals surface area contributed by atoms with E-state index in [0.29, 0.717) is 0 Å². The van der Waals surface area contributed by atoms with Gasteiger partial charge in [-0.15, -0.1) is 0 Å². The van der Waals surface area contributed by atoms with Crippen molar-refractivity contribution in [2.75, 3.05) is 0 Å². The Morgan fingerprint density at radius 1 is 1.08 bits per heavy atom. The van der Waals surface area contributed by atoms with Gasteiger partial charge in [-0.25, -0.2) is 0 Å². The monoisotopic (exact) mass is 313 g/mol. The summed E-state index contributed by atoms with van der Waals surface area (Å²) in [5.41, 5.74) is 0. The van der Waals surface area contributed by atoms with Crippen LogP contribution < -0.4 is 8.65 Å². The van der Waals surface area contributed by atoms with Gasteiger partial charge < -0.3 is 11.0 Å². The van der Waals surface area contributed by atoms with Crippen molar-refractivity contribution < 1.29 is 19.4 Å². The molecule has 1 rings (SSSR count). The van der Waals surface area contributed by atoms with E-state index < -0.39 is 10.0 Å². The van der Waals surface area contributed by atoms with Crippen LogP contribution in [0, 0.1) is 0 Å². The van der Waals surface area contributed by atoms with E-state index in [4.69, 9.17) is 5.14 Å². The molecule has 2 radical (unpaired) electrons. The number of hydrogen-bond donors (Lipinski definition) is 1. The number of sulfonamides is 1. The molecule has 0 heterocycles. The van der Waals surface area contributed by atoms with Crippen molar-refractivity contribution in [3.05, 3.63) is 24.3 Å². The molecule has 0 saturated heterocycles. The van der Waals surface area contributed by atoms with Gasteiger partial charge in [0.25, 0.3) is 0 Å². The number of benzene rings is 1. The van der Waals surface area contributed by atoms with E-state index in [0.717, 1.165) is 3.51 Å². The smallest absolute Gasteiger partial charge is 0.412 e. The summed E-state index contributed by atoms with van der Waals surface area (Å²) in [6, 6.07) is 6.47. The summed E-state index contributed by atoms with van der Waals surface area (Å²) < 4.78 is 22.5. The van der Waals surface area contributed by atoms with Crippen molar-refractivity contribution in [3.63, 3.8) is 0 Å². The topological polar surface area (TPSA) is 123 Å². The van der Waals surface area contributed by atoms with E-state index in [9.17, 15) is 8.42 Å². The summed E-state index contributed by atoms with van der Waals surface area (Å²) in [5.74, 6) is 0. The van der Waals surface area contributed by atoms with Crippen LogP contribution >= 0.6 is 0 Å².